The minimum atomic E-state index is 0.427. The fourth-order valence-electron chi connectivity index (χ4n) is 2.03. The van der Waals surface area contributed by atoms with Crippen molar-refractivity contribution in [2.75, 3.05) is 25.6 Å². The molecule has 0 amide bonds. The van der Waals surface area contributed by atoms with Gasteiger partial charge >= 0.3 is 0 Å². The van der Waals surface area contributed by atoms with Crippen molar-refractivity contribution in [3.63, 3.8) is 0 Å². The lowest BCUT2D eigenvalue weighted by Gasteiger charge is -2.12. The van der Waals surface area contributed by atoms with Crippen molar-refractivity contribution in [1.29, 1.82) is 0 Å². The highest BCUT2D eigenvalue weighted by Gasteiger charge is 2.14. The number of halogens is 1. The summed E-state index contributed by atoms with van der Waals surface area (Å²) < 4.78 is 10.7. The summed E-state index contributed by atoms with van der Waals surface area (Å²) in [5.41, 5.74) is 1.02. The summed E-state index contributed by atoms with van der Waals surface area (Å²) in [5, 5.41) is 3.98. The van der Waals surface area contributed by atoms with Crippen LogP contribution in [0.15, 0.2) is 18.2 Å². The zero-order valence-electron chi connectivity index (χ0n) is 10.0. The molecule has 2 rings (SSSR count). The van der Waals surface area contributed by atoms with Gasteiger partial charge in [-0.3, -0.25) is 0 Å². The minimum Gasteiger partial charge on any atom is -0.495 e. The van der Waals surface area contributed by atoms with E-state index < -0.39 is 0 Å². The fraction of sp³-hybridized carbons (Fsp3) is 0.538. The molecule has 3 nitrogen and oxygen atoms in total. The van der Waals surface area contributed by atoms with Crippen LogP contribution in [-0.4, -0.2) is 26.4 Å². The zero-order chi connectivity index (χ0) is 12.1. The van der Waals surface area contributed by atoms with E-state index in [-0.39, 0.29) is 0 Å². The van der Waals surface area contributed by atoms with Crippen molar-refractivity contribution in [2.45, 2.75) is 25.4 Å². The molecule has 1 heterocycles. The molecule has 1 aliphatic rings. The number of ether oxygens (including phenoxy) is 2. The highest BCUT2D eigenvalue weighted by Crippen LogP contribution is 2.27. The van der Waals surface area contributed by atoms with E-state index in [0.29, 0.717) is 16.9 Å². The average Bonchev–Trinajstić information content (AvgIpc) is 2.82. The van der Waals surface area contributed by atoms with Crippen molar-refractivity contribution in [2.24, 2.45) is 0 Å². The molecule has 17 heavy (non-hydrogen) atoms. The number of benzene rings is 1. The van der Waals surface area contributed by atoms with Crippen molar-refractivity contribution in [1.82, 2.24) is 0 Å². The number of rotatable bonds is 5. The average molecular weight is 256 g/mol. The van der Waals surface area contributed by atoms with E-state index in [1.807, 2.05) is 18.2 Å². The van der Waals surface area contributed by atoms with Crippen LogP contribution in [0, 0.1) is 0 Å². The fourth-order valence-corrected chi connectivity index (χ4v) is 2.28. The van der Waals surface area contributed by atoms with E-state index in [9.17, 15) is 0 Å². The maximum atomic E-state index is 6.05. The van der Waals surface area contributed by atoms with E-state index in [1.165, 1.54) is 12.8 Å². The highest BCUT2D eigenvalue weighted by molar-refractivity contribution is 6.32. The number of hydrogen-bond acceptors (Lipinski definition) is 3. The lowest BCUT2D eigenvalue weighted by atomic mass is 10.2. The lowest BCUT2D eigenvalue weighted by Crippen LogP contribution is -2.12. The van der Waals surface area contributed by atoms with Gasteiger partial charge in [-0.1, -0.05) is 11.6 Å². The Labute approximate surface area is 107 Å². The molecule has 0 bridgehead atoms. The van der Waals surface area contributed by atoms with Gasteiger partial charge in [0.05, 0.1) is 18.2 Å². The summed E-state index contributed by atoms with van der Waals surface area (Å²) in [6.07, 6.45) is 3.85. The molecule has 1 unspecified atom stereocenters. The smallest absolute Gasteiger partial charge is 0.137 e. The molecule has 1 aromatic rings. The first-order chi connectivity index (χ1) is 8.29. The van der Waals surface area contributed by atoms with Crippen molar-refractivity contribution >= 4 is 17.3 Å². The summed E-state index contributed by atoms with van der Waals surface area (Å²) in [6, 6.07) is 5.73. The molecular formula is C13H18ClNO2. The Morgan fingerprint density at radius 2 is 2.41 bits per heavy atom. The number of methoxy groups -OCH3 is 1. The third-order valence-electron chi connectivity index (χ3n) is 2.97. The van der Waals surface area contributed by atoms with Crippen LogP contribution in [0.5, 0.6) is 5.75 Å². The van der Waals surface area contributed by atoms with Crippen LogP contribution >= 0.6 is 11.6 Å². The Morgan fingerprint density at radius 3 is 3.06 bits per heavy atom. The molecule has 4 heteroatoms. The van der Waals surface area contributed by atoms with Crippen molar-refractivity contribution < 1.29 is 9.47 Å². The molecule has 1 aromatic carbocycles. The van der Waals surface area contributed by atoms with Gasteiger partial charge < -0.3 is 14.8 Å². The number of nitrogens with one attached hydrogen (secondary N) is 1. The second-order valence-corrected chi connectivity index (χ2v) is 4.61. The van der Waals surface area contributed by atoms with Gasteiger partial charge in [0.15, 0.2) is 0 Å². The predicted molar refractivity (Wildman–Crippen MR) is 70.1 cm³/mol. The van der Waals surface area contributed by atoms with Crippen LogP contribution < -0.4 is 10.1 Å². The van der Waals surface area contributed by atoms with E-state index in [2.05, 4.69) is 5.32 Å². The van der Waals surface area contributed by atoms with Gasteiger partial charge in [-0.05, 0) is 37.5 Å². The van der Waals surface area contributed by atoms with Crippen LogP contribution in [0.3, 0.4) is 0 Å². The molecule has 1 N–H and O–H groups in total. The number of anilines is 1. The largest absolute Gasteiger partial charge is 0.495 e. The van der Waals surface area contributed by atoms with Crippen LogP contribution in [0.4, 0.5) is 5.69 Å². The first-order valence-corrected chi connectivity index (χ1v) is 6.36. The van der Waals surface area contributed by atoms with E-state index in [1.54, 1.807) is 7.11 Å². The molecule has 1 saturated heterocycles. The topological polar surface area (TPSA) is 30.5 Å². The Morgan fingerprint density at radius 1 is 1.53 bits per heavy atom. The Hall–Kier alpha value is -0.930. The Balaban J connectivity index is 1.80. The molecule has 0 aromatic heterocycles. The molecule has 1 fully saturated rings. The second kappa shape index (κ2) is 6.12. The molecule has 1 atom stereocenters. The second-order valence-electron chi connectivity index (χ2n) is 4.20. The number of hydrogen-bond donors (Lipinski definition) is 1. The van der Waals surface area contributed by atoms with Crippen LogP contribution in [-0.2, 0) is 4.74 Å². The monoisotopic (exact) mass is 255 g/mol. The SMILES string of the molecule is COc1ccc(NCCC2CCCO2)cc1Cl. The molecule has 0 saturated carbocycles. The van der Waals surface area contributed by atoms with E-state index in [4.69, 9.17) is 21.1 Å². The van der Waals surface area contributed by atoms with E-state index in [0.717, 1.165) is 25.3 Å². The first-order valence-electron chi connectivity index (χ1n) is 5.98. The maximum Gasteiger partial charge on any atom is 0.137 e. The van der Waals surface area contributed by atoms with Crippen LogP contribution in [0.25, 0.3) is 0 Å². The third kappa shape index (κ3) is 3.51. The van der Waals surface area contributed by atoms with E-state index >= 15 is 0 Å². The molecule has 0 spiro atoms. The molecule has 0 aliphatic carbocycles. The summed E-state index contributed by atoms with van der Waals surface area (Å²) >= 11 is 6.05. The Bertz CT molecular complexity index is 364. The van der Waals surface area contributed by atoms with Gasteiger partial charge in [-0.25, -0.2) is 0 Å². The highest BCUT2D eigenvalue weighted by atomic mass is 35.5. The zero-order valence-corrected chi connectivity index (χ0v) is 10.8. The molecule has 94 valence electrons. The van der Waals surface area contributed by atoms with Crippen LogP contribution in [0.2, 0.25) is 5.02 Å². The quantitative estimate of drug-likeness (QED) is 0.876. The Kier molecular flexibility index (Phi) is 4.51. The molecular weight excluding hydrogens is 238 g/mol. The maximum absolute atomic E-state index is 6.05. The summed E-state index contributed by atoms with van der Waals surface area (Å²) in [5.74, 6) is 0.705. The standard InChI is InChI=1S/C13H18ClNO2/c1-16-13-5-4-10(9-12(13)14)15-7-6-11-3-2-8-17-11/h4-5,9,11,15H,2-3,6-8H2,1H3. The van der Waals surface area contributed by atoms with Crippen molar-refractivity contribution in [3.8, 4) is 5.75 Å². The van der Waals surface area contributed by atoms with Gasteiger partial charge in [-0.2, -0.15) is 0 Å². The van der Waals surface area contributed by atoms with Gasteiger partial charge in [-0.15, -0.1) is 0 Å². The predicted octanol–water partition coefficient (Wildman–Crippen LogP) is 3.33. The van der Waals surface area contributed by atoms with Gasteiger partial charge in [0.1, 0.15) is 5.75 Å². The first kappa shape index (κ1) is 12.5. The van der Waals surface area contributed by atoms with Crippen LogP contribution in [0.1, 0.15) is 19.3 Å². The van der Waals surface area contributed by atoms with Crippen molar-refractivity contribution in [3.05, 3.63) is 23.2 Å². The normalized spacial score (nSPS) is 19.3. The summed E-state index contributed by atoms with van der Waals surface area (Å²) in [7, 11) is 1.62. The van der Waals surface area contributed by atoms with Gasteiger partial charge in [0.2, 0.25) is 0 Å². The molecule has 1 aliphatic heterocycles. The third-order valence-corrected chi connectivity index (χ3v) is 3.27. The minimum absolute atomic E-state index is 0.427. The lowest BCUT2D eigenvalue weighted by molar-refractivity contribution is 0.107. The van der Waals surface area contributed by atoms with Gasteiger partial charge in [0.25, 0.3) is 0 Å². The summed E-state index contributed by atoms with van der Waals surface area (Å²) in [4.78, 5) is 0. The summed E-state index contributed by atoms with van der Waals surface area (Å²) in [6.45, 7) is 1.83. The van der Waals surface area contributed by atoms with Gasteiger partial charge in [0, 0.05) is 18.8 Å². The molecule has 0 radical (unpaired) electrons.